The van der Waals surface area contributed by atoms with Gasteiger partial charge in [-0.05, 0) is 39.7 Å². The van der Waals surface area contributed by atoms with Crippen LogP contribution >= 0.6 is 15.9 Å². The first-order valence-electron chi connectivity index (χ1n) is 7.35. The fourth-order valence-corrected chi connectivity index (χ4v) is 2.63. The fourth-order valence-electron chi connectivity index (χ4n) is 2.21. The molecule has 2 aromatic rings. The predicted molar refractivity (Wildman–Crippen MR) is 95.9 cm³/mol. The van der Waals surface area contributed by atoms with Crippen LogP contribution in [0.2, 0.25) is 0 Å². The Hall–Kier alpha value is -2.87. The van der Waals surface area contributed by atoms with Gasteiger partial charge in [0.05, 0.1) is 10.6 Å². The van der Waals surface area contributed by atoms with Crippen molar-refractivity contribution in [2.24, 2.45) is 0 Å². The summed E-state index contributed by atoms with van der Waals surface area (Å²) in [7, 11) is 0. The molecule has 1 N–H and O–H groups in total. The van der Waals surface area contributed by atoms with E-state index in [1.807, 2.05) is 0 Å². The predicted octanol–water partition coefficient (Wildman–Crippen LogP) is 3.78. The second-order valence-electron chi connectivity index (χ2n) is 5.15. The quantitative estimate of drug-likeness (QED) is 0.475. The summed E-state index contributed by atoms with van der Waals surface area (Å²) in [6, 6.07) is 9.34. The van der Waals surface area contributed by atoms with Gasteiger partial charge >= 0.3 is 0 Å². The molecule has 0 radical (unpaired) electrons. The van der Waals surface area contributed by atoms with Crippen LogP contribution in [-0.4, -0.2) is 24.0 Å². The van der Waals surface area contributed by atoms with E-state index < -0.39 is 4.92 Å². The molecule has 2 aromatic carbocycles. The molecule has 25 heavy (non-hydrogen) atoms. The van der Waals surface area contributed by atoms with E-state index in [9.17, 15) is 14.9 Å². The summed E-state index contributed by atoms with van der Waals surface area (Å²) in [5.74, 6) is 0.859. The maximum Gasteiger partial charge on any atom is 0.269 e. The van der Waals surface area contributed by atoms with Crippen molar-refractivity contribution in [2.75, 3.05) is 18.5 Å². The van der Waals surface area contributed by atoms with Gasteiger partial charge in [0.1, 0.15) is 13.2 Å². The lowest BCUT2D eigenvalue weighted by atomic mass is 10.2. The molecule has 3 rings (SSSR count). The van der Waals surface area contributed by atoms with E-state index in [1.165, 1.54) is 18.2 Å². The van der Waals surface area contributed by atoms with Gasteiger partial charge in [-0.25, -0.2) is 0 Å². The molecular formula is C17H13BrN2O5. The maximum absolute atomic E-state index is 12.1. The number of benzene rings is 2. The standard InChI is InChI=1S/C17H13BrN2O5/c18-13-9-15-16(25-8-7-24-15)10-14(13)19-17(21)6-3-11-1-4-12(5-2-11)20(22)23/h1-6,9-10H,7-8H2,(H,19,21)/b6-3+. The Morgan fingerprint density at radius 2 is 1.80 bits per heavy atom. The molecule has 1 amide bonds. The minimum absolute atomic E-state index is 0.00168. The smallest absolute Gasteiger partial charge is 0.269 e. The second kappa shape index (κ2) is 7.35. The molecule has 0 atom stereocenters. The van der Waals surface area contributed by atoms with Crippen molar-refractivity contribution in [3.05, 3.63) is 62.6 Å². The third-order valence-corrected chi connectivity index (χ3v) is 4.08. The number of nitro groups is 1. The SMILES string of the molecule is O=C(/C=C/c1ccc([N+](=O)[O-])cc1)Nc1cc2c(cc1Br)OCCO2. The third kappa shape index (κ3) is 4.16. The van der Waals surface area contributed by atoms with Crippen LogP contribution in [0.5, 0.6) is 11.5 Å². The van der Waals surface area contributed by atoms with Crippen LogP contribution in [0, 0.1) is 10.1 Å². The molecule has 7 nitrogen and oxygen atoms in total. The van der Waals surface area contributed by atoms with E-state index in [0.717, 1.165) is 0 Å². The van der Waals surface area contributed by atoms with Gasteiger partial charge in [0.25, 0.3) is 5.69 Å². The molecule has 1 aliphatic heterocycles. The van der Waals surface area contributed by atoms with Crippen molar-refractivity contribution >= 4 is 39.3 Å². The number of hydrogen-bond acceptors (Lipinski definition) is 5. The van der Waals surface area contributed by atoms with Crippen molar-refractivity contribution in [3.8, 4) is 11.5 Å². The third-order valence-electron chi connectivity index (χ3n) is 3.42. The Morgan fingerprint density at radius 3 is 2.44 bits per heavy atom. The number of carbonyl (C=O) groups excluding carboxylic acids is 1. The molecule has 0 aromatic heterocycles. The number of nitrogens with one attached hydrogen (secondary N) is 1. The molecule has 0 bridgehead atoms. The first kappa shape index (κ1) is 17.0. The van der Waals surface area contributed by atoms with Crippen molar-refractivity contribution in [2.45, 2.75) is 0 Å². The van der Waals surface area contributed by atoms with Gasteiger partial charge in [-0.2, -0.15) is 0 Å². The highest BCUT2D eigenvalue weighted by molar-refractivity contribution is 9.10. The van der Waals surface area contributed by atoms with Gasteiger partial charge in [-0.3, -0.25) is 14.9 Å². The fraction of sp³-hybridized carbons (Fsp3) is 0.118. The van der Waals surface area contributed by atoms with Crippen LogP contribution in [0.25, 0.3) is 6.08 Å². The first-order valence-corrected chi connectivity index (χ1v) is 8.15. The lowest BCUT2D eigenvalue weighted by Gasteiger charge is -2.19. The highest BCUT2D eigenvalue weighted by Crippen LogP contribution is 2.38. The van der Waals surface area contributed by atoms with E-state index in [1.54, 1.807) is 30.3 Å². The summed E-state index contributed by atoms with van der Waals surface area (Å²) < 4.78 is 11.6. The zero-order valence-electron chi connectivity index (χ0n) is 12.9. The first-order chi connectivity index (χ1) is 12.0. The van der Waals surface area contributed by atoms with Crippen molar-refractivity contribution < 1.29 is 19.2 Å². The highest BCUT2D eigenvalue weighted by Gasteiger charge is 2.15. The van der Waals surface area contributed by atoms with Crippen molar-refractivity contribution in [1.82, 2.24) is 0 Å². The van der Waals surface area contributed by atoms with Crippen LogP contribution in [0.1, 0.15) is 5.56 Å². The lowest BCUT2D eigenvalue weighted by Crippen LogP contribution is -2.16. The molecule has 1 aliphatic rings. The van der Waals surface area contributed by atoms with Crippen molar-refractivity contribution in [1.29, 1.82) is 0 Å². The molecule has 0 saturated carbocycles. The molecule has 8 heteroatoms. The highest BCUT2D eigenvalue weighted by atomic mass is 79.9. The number of amides is 1. The van der Waals surface area contributed by atoms with Gasteiger partial charge in [-0.1, -0.05) is 0 Å². The number of nitrogens with zero attached hydrogens (tertiary/aromatic N) is 1. The molecule has 0 saturated heterocycles. The summed E-state index contributed by atoms with van der Waals surface area (Å²) in [6.07, 6.45) is 2.93. The van der Waals surface area contributed by atoms with Gasteiger partial charge in [0.15, 0.2) is 11.5 Å². The number of fused-ring (bicyclic) bond motifs is 1. The summed E-state index contributed by atoms with van der Waals surface area (Å²) in [6.45, 7) is 0.950. The number of non-ortho nitro benzene ring substituents is 1. The Balaban J connectivity index is 1.69. The Bertz CT molecular complexity index is 849. The van der Waals surface area contributed by atoms with E-state index in [2.05, 4.69) is 21.2 Å². The number of rotatable bonds is 4. The number of halogens is 1. The zero-order chi connectivity index (χ0) is 17.8. The lowest BCUT2D eigenvalue weighted by molar-refractivity contribution is -0.384. The largest absolute Gasteiger partial charge is 0.486 e. The Kier molecular flexibility index (Phi) is 4.99. The van der Waals surface area contributed by atoms with Crippen LogP contribution in [0.4, 0.5) is 11.4 Å². The van der Waals surface area contributed by atoms with Crippen LogP contribution < -0.4 is 14.8 Å². The molecular weight excluding hydrogens is 392 g/mol. The monoisotopic (exact) mass is 404 g/mol. The molecule has 0 aliphatic carbocycles. The average Bonchev–Trinajstić information content (AvgIpc) is 2.61. The molecule has 1 heterocycles. The van der Waals surface area contributed by atoms with Crippen LogP contribution in [0.15, 0.2) is 46.9 Å². The second-order valence-corrected chi connectivity index (χ2v) is 6.00. The molecule has 0 spiro atoms. The van der Waals surface area contributed by atoms with Gasteiger partial charge in [0.2, 0.25) is 5.91 Å². The van der Waals surface area contributed by atoms with Crippen molar-refractivity contribution in [3.63, 3.8) is 0 Å². The average molecular weight is 405 g/mol. The number of ether oxygens (including phenoxy) is 2. The Labute approximate surface area is 151 Å². The zero-order valence-corrected chi connectivity index (χ0v) is 14.5. The van der Waals surface area contributed by atoms with E-state index in [0.29, 0.717) is 40.4 Å². The minimum Gasteiger partial charge on any atom is -0.486 e. The summed E-state index contributed by atoms with van der Waals surface area (Å²) >= 11 is 3.38. The summed E-state index contributed by atoms with van der Waals surface area (Å²) in [5.41, 5.74) is 1.24. The van der Waals surface area contributed by atoms with Gasteiger partial charge in [-0.15, -0.1) is 0 Å². The number of carbonyl (C=O) groups is 1. The number of nitro benzene ring substituents is 1. The van der Waals surface area contributed by atoms with Gasteiger partial charge < -0.3 is 14.8 Å². The molecule has 0 fully saturated rings. The normalized spacial score (nSPS) is 12.8. The van der Waals surface area contributed by atoms with Crippen LogP contribution in [0.3, 0.4) is 0 Å². The van der Waals surface area contributed by atoms with Gasteiger partial charge in [0, 0.05) is 34.8 Å². The minimum atomic E-state index is -0.473. The topological polar surface area (TPSA) is 90.7 Å². The summed E-state index contributed by atoms with van der Waals surface area (Å²) in [4.78, 5) is 22.2. The van der Waals surface area contributed by atoms with Crippen LogP contribution in [-0.2, 0) is 4.79 Å². The maximum atomic E-state index is 12.1. The molecule has 128 valence electrons. The van der Waals surface area contributed by atoms with E-state index in [4.69, 9.17) is 9.47 Å². The Morgan fingerprint density at radius 1 is 1.16 bits per heavy atom. The number of anilines is 1. The molecule has 0 unspecified atom stereocenters. The van der Waals surface area contributed by atoms with E-state index >= 15 is 0 Å². The van der Waals surface area contributed by atoms with E-state index in [-0.39, 0.29) is 11.6 Å². The number of hydrogen-bond donors (Lipinski definition) is 1. The summed E-state index contributed by atoms with van der Waals surface area (Å²) in [5, 5.41) is 13.4.